The Balaban J connectivity index is 1.42. The number of hydrogen-bond donors (Lipinski definition) is 2. The highest BCUT2D eigenvalue weighted by atomic mass is 16.3. The van der Waals surface area contributed by atoms with Gasteiger partial charge in [-0.1, -0.05) is 60.7 Å². The molecule has 2 aromatic carbocycles. The van der Waals surface area contributed by atoms with E-state index in [1.807, 2.05) is 60.7 Å². The summed E-state index contributed by atoms with van der Waals surface area (Å²) in [5.74, 6) is -0.229. The first-order valence-electron chi connectivity index (χ1n) is 11.0. The van der Waals surface area contributed by atoms with Crippen molar-refractivity contribution in [1.82, 2.24) is 10.2 Å². The molecule has 0 spiro atoms. The molecule has 0 bridgehead atoms. The van der Waals surface area contributed by atoms with E-state index in [0.29, 0.717) is 32.4 Å². The van der Waals surface area contributed by atoms with Crippen LogP contribution in [0.4, 0.5) is 0 Å². The quantitative estimate of drug-likeness (QED) is 0.598. The Morgan fingerprint density at radius 3 is 2.25 bits per heavy atom. The lowest BCUT2D eigenvalue weighted by atomic mass is 9.87. The molecule has 32 heavy (non-hydrogen) atoms. The van der Waals surface area contributed by atoms with Gasteiger partial charge in [-0.2, -0.15) is 0 Å². The van der Waals surface area contributed by atoms with Gasteiger partial charge in [-0.25, -0.2) is 0 Å². The minimum absolute atomic E-state index is 0.103. The number of furan rings is 1. The monoisotopic (exact) mass is 432 g/mol. The normalized spacial score (nSPS) is 16.3. The molecule has 0 saturated carbocycles. The maximum atomic E-state index is 13.4. The van der Waals surface area contributed by atoms with Gasteiger partial charge >= 0.3 is 0 Å². The molecule has 3 aromatic rings. The predicted molar refractivity (Wildman–Crippen MR) is 121 cm³/mol. The first kappa shape index (κ1) is 21.8. The third-order valence-corrected chi connectivity index (χ3v) is 6.07. The lowest BCUT2D eigenvalue weighted by Gasteiger charge is -2.36. The Kier molecular flexibility index (Phi) is 7.02. The van der Waals surface area contributed by atoms with Crippen LogP contribution in [0.2, 0.25) is 0 Å². The van der Waals surface area contributed by atoms with Crippen LogP contribution in [0.15, 0.2) is 83.5 Å². The molecule has 2 atom stereocenters. The van der Waals surface area contributed by atoms with E-state index in [-0.39, 0.29) is 17.6 Å². The molecule has 4 rings (SSSR count). The van der Waals surface area contributed by atoms with Gasteiger partial charge in [0.1, 0.15) is 6.04 Å². The van der Waals surface area contributed by atoms with Crippen LogP contribution in [-0.2, 0) is 11.2 Å². The van der Waals surface area contributed by atoms with Gasteiger partial charge in [-0.3, -0.25) is 9.59 Å². The topological polar surface area (TPSA) is 82.8 Å². The lowest BCUT2D eigenvalue weighted by molar-refractivity contribution is -0.135. The highest BCUT2D eigenvalue weighted by molar-refractivity contribution is 5.95. The molecular formula is C26H28N2O4. The van der Waals surface area contributed by atoms with Crippen LogP contribution >= 0.6 is 0 Å². The second-order valence-electron chi connectivity index (χ2n) is 8.21. The number of piperidine rings is 1. The van der Waals surface area contributed by atoms with Gasteiger partial charge in [0, 0.05) is 19.5 Å². The zero-order chi connectivity index (χ0) is 22.3. The van der Waals surface area contributed by atoms with Crippen molar-refractivity contribution in [2.45, 2.75) is 31.4 Å². The molecular weight excluding hydrogens is 404 g/mol. The van der Waals surface area contributed by atoms with Crippen molar-refractivity contribution in [3.8, 4) is 0 Å². The van der Waals surface area contributed by atoms with Crippen molar-refractivity contribution in [3.05, 3.63) is 95.9 Å². The van der Waals surface area contributed by atoms with Gasteiger partial charge < -0.3 is 19.7 Å². The zero-order valence-corrected chi connectivity index (χ0v) is 17.9. The molecule has 1 fully saturated rings. The van der Waals surface area contributed by atoms with Crippen LogP contribution in [0.25, 0.3) is 0 Å². The Hall–Kier alpha value is -3.38. The number of aliphatic hydroxyl groups excluding tert-OH is 1. The number of benzene rings is 2. The highest BCUT2D eigenvalue weighted by Gasteiger charge is 2.32. The molecule has 1 aromatic heterocycles. The molecule has 0 aliphatic carbocycles. The lowest BCUT2D eigenvalue weighted by Crippen LogP contribution is -2.52. The fourth-order valence-electron chi connectivity index (χ4n) is 4.27. The van der Waals surface area contributed by atoms with Crippen molar-refractivity contribution in [3.63, 3.8) is 0 Å². The van der Waals surface area contributed by atoms with E-state index in [1.54, 1.807) is 17.0 Å². The SMILES string of the molecule is O=C(NC(Cc1ccccc1)C(=O)N1CCC(C(O)c2ccccc2)CC1)c1ccco1. The summed E-state index contributed by atoms with van der Waals surface area (Å²) in [5, 5.41) is 13.6. The second-order valence-corrected chi connectivity index (χ2v) is 8.21. The summed E-state index contributed by atoms with van der Waals surface area (Å²) >= 11 is 0. The average molecular weight is 433 g/mol. The minimum atomic E-state index is -0.689. The number of hydrogen-bond acceptors (Lipinski definition) is 4. The number of carbonyl (C=O) groups excluding carboxylic acids is 2. The molecule has 0 radical (unpaired) electrons. The smallest absolute Gasteiger partial charge is 0.287 e. The summed E-state index contributed by atoms with van der Waals surface area (Å²) in [6.07, 6.45) is 2.73. The van der Waals surface area contributed by atoms with Crippen LogP contribution in [0.3, 0.4) is 0 Å². The molecule has 2 N–H and O–H groups in total. The summed E-state index contributed by atoms with van der Waals surface area (Å²) in [7, 11) is 0. The van der Waals surface area contributed by atoms with Crippen LogP contribution in [0.5, 0.6) is 0 Å². The summed E-state index contributed by atoms with van der Waals surface area (Å²) in [4.78, 5) is 27.8. The third kappa shape index (κ3) is 5.26. The summed E-state index contributed by atoms with van der Waals surface area (Å²) < 4.78 is 5.19. The molecule has 1 aliphatic heterocycles. The standard InChI is InChI=1S/C26H28N2O4/c29-24(20-10-5-2-6-11-20)21-13-15-28(16-14-21)26(31)22(18-19-8-3-1-4-9-19)27-25(30)23-12-7-17-32-23/h1-12,17,21-22,24,29H,13-16,18H2,(H,27,30). The summed E-state index contributed by atoms with van der Waals surface area (Å²) in [6.45, 7) is 1.10. The number of rotatable bonds is 7. The number of nitrogens with zero attached hydrogens (tertiary/aromatic N) is 1. The zero-order valence-electron chi connectivity index (χ0n) is 17.9. The second kappa shape index (κ2) is 10.3. The molecule has 2 unspecified atom stereocenters. The average Bonchev–Trinajstić information content (AvgIpc) is 3.39. The van der Waals surface area contributed by atoms with E-state index < -0.39 is 18.1 Å². The fourth-order valence-corrected chi connectivity index (χ4v) is 4.27. The first-order chi connectivity index (χ1) is 15.6. The molecule has 166 valence electrons. The molecule has 1 aliphatic rings. The maximum absolute atomic E-state index is 13.4. The number of carbonyl (C=O) groups is 2. The van der Waals surface area contributed by atoms with E-state index in [4.69, 9.17) is 4.42 Å². The molecule has 1 saturated heterocycles. The molecule has 2 amide bonds. The third-order valence-electron chi connectivity index (χ3n) is 6.07. The van der Waals surface area contributed by atoms with Gasteiger partial charge in [0.05, 0.1) is 12.4 Å². The van der Waals surface area contributed by atoms with E-state index in [1.165, 1.54) is 6.26 Å². The molecule has 6 nitrogen and oxygen atoms in total. The van der Waals surface area contributed by atoms with Crippen LogP contribution < -0.4 is 5.32 Å². The van der Waals surface area contributed by atoms with Crippen molar-refractivity contribution in [1.29, 1.82) is 0 Å². The van der Waals surface area contributed by atoms with Crippen molar-refractivity contribution < 1.29 is 19.1 Å². The maximum Gasteiger partial charge on any atom is 0.287 e. The van der Waals surface area contributed by atoms with Gasteiger partial charge in [-0.05, 0) is 42.0 Å². The fraction of sp³-hybridized carbons (Fsp3) is 0.308. The molecule has 2 heterocycles. The number of amides is 2. The van der Waals surface area contributed by atoms with Gasteiger partial charge in [-0.15, -0.1) is 0 Å². The summed E-state index contributed by atoms with van der Waals surface area (Å²) in [6, 6.07) is 21.8. The van der Waals surface area contributed by atoms with Gasteiger partial charge in [0.2, 0.25) is 5.91 Å². The predicted octanol–water partition coefficient (Wildman–Crippen LogP) is 3.59. The highest BCUT2D eigenvalue weighted by Crippen LogP contribution is 2.30. The summed E-state index contributed by atoms with van der Waals surface area (Å²) in [5.41, 5.74) is 1.88. The van der Waals surface area contributed by atoms with Gasteiger partial charge in [0.25, 0.3) is 5.91 Å². The van der Waals surface area contributed by atoms with E-state index in [2.05, 4.69) is 5.32 Å². The van der Waals surface area contributed by atoms with Crippen molar-refractivity contribution in [2.75, 3.05) is 13.1 Å². The van der Waals surface area contributed by atoms with Crippen LogP contribution in [0, 0.1) is 5.92 Å². The number of aliphatic hydroxyl groups is 1. The van der Waals surface area contributed by atoms with E-state index in [9.17, 15) is 14.7 Å². The number of nitrogens with one attached hydrogen (secondary N) is 1. The van der Waals surface area contributed by atoms with Gasteiger partial charge in [0.15, 0.2) is 5.76 Å². The van der Waals surface area contributed by atoms with Crippen LogP contribution in [0.1, 0.15) is 40.6 Å². The van der Waals surface area contributed by atoms with Crippen molar-refractivity contribution >= 4 is 11.8 Å². The Labute approximate surface area is 187 Å². The number of likely N-dealkylation sites (tertiary alicyclic amines) is 1. The Morgan fingerprint density at radius 2 is 1.62 bits per heavy atom. The van der Waals surface area contributed by atoms with E-state index in [0.717, 1.165) is 11.1 Å². The van der Waals surface area contributed by atoms with E-state index >= 15 is 0 Å². The van der Waals surface area contributed by atoms with Crippen molar-refractivity contribution in [2.24, 2.45) is 5.92 Å². The largest absolute Gasteiger partial charge is 0.459 e. The van der Waals surface area contributed by atoms with Crippen LogP contribution in [-0.4, -0.2) is 41.0 Å². The first-order valence-corrected chi connectivity index (χ1v) is 11.0. The Morgan fingerprint density at radius 1 is 0.969 bits per heavy atom. The minimum Gasteiger partial charge on any atom is -0.459 e. The Bertz CT molecular complexity index is 997. The molecule has 6 heteroatoms.